The first-order chi connectivity index (χ1) is 12.8. The van der Waals surface area contributed by atoms with Crippen LogP contribution < -0.4 is 5.32 Å². The Morgan fingerprint density at radius 3 is 1.78 bits per heavy atom. The van der Waals surface area contributed by atoms with Crippen molar-refractivity contribution in [3.63, 3.8) is 0 Å². The zero-order chi connectivity index (χ0) is 20.4. The van der Waals surface area contributed by atoms with E-state index >= 15 is 0 Å². The monoisotopic (exact) mass is 379 g/mol. The summed E-state index contributed by atoms with van der Waals surface area (Å²) in [4.78, 5) is 50.5. The molecule has 1 aromatic rings. The summed E-state index contributed by atoms with van der Waals surface area (Å²) in [6, 6.07) is 8.08. The van der Waals surface area contributed by atoms with Gasteiger partial charge >= 0.3 is 17.9 Å². The Balaban J connectivity index is 3.74. The molecule has 8 heteroatoms. The molecule has 27 heavy (non-hydrogen) atoms. The van der Waals surface area contributed by atoms with Gasteiger partial charge in [-0.25, -0.2) is 9.59 Å². The van der Waals surface area contributed by atoms with Crippen LogP contribution in [0.2, 0.25) is 0 Å². The van der Waals surface area contributed by atoms with Gasteiger partial charge in [-0.15, -0.1) is 0 Å². The lowest BCUT2D eigenvalue weighted by Gasteiger charge is -2.35. The van der Waals surface area contributed by atoms with E-state index in [4.69, 9.17) is 14.2 Å². The van der Waals surface area contributed by atoms with Crippen molar-refractivity contribution in [1.29, 1.82) is 0 Å². The summed E-state index contributed by atoms with van der Waals surface area (Å²) < 4.78 is 15.2. The second-order valence-corrected chi connectivity index (χ2v) is 5.53. The quantitative estimate of drug-likeness (QED) is 0.392. The summed E-state index contributed by atoms with van der Waals surface area (Å²) in [5, 5.41) is 2.31. The summed E-state index contributed by atoms with van der Waals surface area (Å²) in [7, 11) is 0. The van der Waals surface area contributed by atoms with Crippen LogP contribution in [0.15, 0.2) is 30.3 Å². The van der Waals surface area contributed by atoms with Crippen molar-refractivity contribution >= 4 is 23.8 Å². The summed E-state index contributed by atoms with van der Waals surface area (Å²) >= 11 is 0. The van der Waals surface area contributed by atoms with Crippen molar-refractivity contribution in [2.24, 2.45) is 0 Å². The van der Waals surface area contributed by atoms with E-state index in [-0.39, 0.29) is 19.8 Å². The van der Waals surface area contributed by atoms with Gasteiger partial charge in [0.05, 0.1) is 19.8 Å². The minimum atomic E-state index is -2.41. The average Bonchev–Trinajstić information content (AvgIpc) is 2.62. The van der Waals surface area contributed by atoms with E-state index in [0.717, 1.165) is 6.92 Å². The third kappa shape index (κ3) is 5.06. The van der Waals surface area contributed by atoms with Crippen molar-refractivity contribution in [3.05, 3.63) is 35.9 Å². The fourth-order valence-corrected chi connectivity index (χ4v) is 2.69. The molecule has 0 bridgehead atoms. The molecular weight excluding hydrogens is 354 g/mol. The SMILES string of the molecule is CCOC(=O)[C@H](c1ccccc1)C(NC(C)=O)(C(=O)OCC)C(=O)OCC. The van der Waals surface area contributed by atoms with Crippen molar-refractivity contribution in [1.82, 2.24) is 5.32 Å². The lowest BCUT2D eigenvalue weighted by Crippen LogP contribution is -2.66. The van der Waals surface area contributed by atoms with Crippen LogP contribution in [-0.4, -0.2) is 49.2 Å². The van der Waals surface area contributed by atoms with Crippen LogP contribution in [0.25, 0.3) is 0 Å². The van der Waals surface area contributed by atoms with Gasteiger partial charge in [-0.2, -0.15) is 0 Å². The van der Waals surface area contributed by atoms with Crippen molar-refractivity contribution in [2.45, 2.75) is 39.2 Å². The number of benzene rings is 1. The first-order valence-electron chi connectivity index (χ1n) is 8.69. The largest absolute Gasteiger partial charge is 0.465 e. The fraction of sp³-hybridized carbons (Fsp3) is 0.474. The second kappa shape index (κ2) is 10.3. The van der Waals surface area contributed by atoms with Crippen LogP contribution >= 0.6 is 0 Å². The van der Waals surface area contributed by atoms with Crippen LogP contribution in [0.4, 0.5) is 0 Å². The normalized spacial score (nSPS) is 11.9. The van der Waals surface area contributed by atoms with Crippen LogP contribution in [0.5, 0.6) is 0 Å². The lowest BCUT2D eigenvalue weighted by atomic mass is 9.78. The smallest absolute Gasteiger partial charge is 0.345 e. The maximum Gasteiger partial charge on any atom is 0.345 e. The summed E-state index contributed by atoms with van der Waals surface area (Å²) in [6.45, 7) is 5.69. The van der Waals surface area contributed by atoms with Crippen LogP contribution in [0.1, 0.15) is 39.2 Å². The van der Waals surface area contributed by atoms with Crippen molar-refractivity contribution in [2.75, 3.05) is 19.8 Å². The Labute approximate surface area is 158 Å². The molecule has 1 amide bonds. The van der Waals surface area contributed by atoms with E-state index in [1.807, 2.05) is 0 Å². The summed E-state index contributed by atoms with van der Waals surface area (Å²) in [5.41, 5.74) is -2.11. The van der Waals surface area contributed by atoms with Gasteiger partial charge in [-0.1, -0.05) is 30.3 Å². The molecule has 0 aromatic heterocycles. The molecule has 1 aromatic carbocycles. The molecule has 1 rings (SSSR count). The molecular formula is C19H25NO7. The molecule has 1 atom stereocenters. The number of esters is 3. The summed E-state index contributed by atoms with van der Waals surface area (Å²) in [5.74, 6) is -5.25. The van der Waals surface area contributed by atoms with Gasteiger partial charge in [0.2, 0.25) is 5.91 Å². The van der Waals surface area contributed by atoms with E-state index < -0.39 is 35.3 Å². The predicted octanol–water partition coefficient (Wildman–Crippen LogP) is 1.33. The molecule has 0 unspecified atom stereocenters. The predicted molar refractivity (Wildman–Crippen MR) is 95.6 cm³/mol. The number of carbonyl (C=O) groups excluding carboxylic acids is 4. The Hall–Kier alpha value is -2.90. The third-order valence-electron chi connectivity index (χ3n) is 3.66. The van der Waals surface area contributed by atoms with Gasteiger partial charge in [0.1, 0.15) is 5.92 Å². The molecule has 0 radical (unpaired) electrons. The van der Waals surface area contributed by atoms with Gasteiger partial charge in [0.15, 0.2) is 0 Å². The molecule has 1 N–H and O–H groups in total. The first-order valence-corrected chi connectivity index (χ1v) is 8.69. The van der Waals surface area contributed by atoms with E-state index in [1.165, 1.54) is 0 Å². The van der Waals surface area contributed by atoms with Crippen molar-refractivity contribution in [3.8, 4) is 0 Å². The van der Waals surface area contributed by atoms with Gasteiger partial charge in [-0.3, -0.25) is 9.59 Å². The topological polar surface area (TPSA) is 108 Å². The minimum absolute atomic E-state index is 0.0178. The summed E-state index contributed by atoms with van der Waals surface area (Å²) in [6.07, 6.45) is 0. The third-order valence-corrected chi connectivity index (χ3v) is 3.66. The standard InChI is InChI=1S/C19H25NO7/c1-5-25-16(22)15(14-11-9-8-10-12-14)19(20-13(4)21,17(23)26-6-2)18(24)27-7-3/h8-12,15H,5-7H2,1-4H3,(H,20,21)/t15-/m0/s1. The van der Waals surface area contributed by atoms with Crippen molar-refractivity contribution < 1.29 is 33.4 Å². The maximum atomic E-state index is 12.9. The van der Waals surface area contributed by atoms with Crippen LogP contribution in [-0.2, 0) is 33.4 Å². The number of amides is 1. The van der Waals surface area contributed by atoms with E-state index in [0.29, 0.717) is 5.56 Å². The molecule has 0 aliphatic carbocycles. The number of nitrogens with one attached hydrogen (secondary N) is 1. The molecule has 0 aliphatic heterocycles. The molecule has 0 spiro atoms. The highest BCUT2D eigenvalue weighted by molar-refractivity contribution is 6.12. The highest BCUT2D eigenvalue weighted by Crippen LogP contribution is 2.33. The Kier molecular flexibility index (Phi) is 8.44. The molecule has 0 aliphatic rings. The number of hydrogen-bond acceptors (Lipinski definition) is 7. The van der Waals surface area contributed by atoms with E-state index in [2.05, 4.69) is 5.32 Å². The average molecular weight is 379 g/mol. The first kappa shape index (κ1) is 22.1. The Morgan fingerprint density at radius 1 is 0.889 bits per heavy atom. The molecule has 0 fully saturated rings. The number of hydrogen-bond donors (Lipinski definition) is 1. The molecule has 0 saturated heterocycles. The molecule has 8 nitrogen and oxygen atoms in total. The van der Waals surface area contributed by atoms with Gasteiger partial charge in [0, 0.05) is 6.92 Å². The second-order valence-electron chi connectivity index (χ2n) is 5.53. The van der Waals surface area contributed by atoms with Gasteiger partial charge in [-0.05, 0) is 26.3 Å². The van der Waals surface area contributed by atoms with Crippen LogP contribution in [0, 0.1) is 0 Å². The Morgan fingerprint density at radius 2 is 1.37 bits per heavy atom. The number of rotatable bonds is 9. The number of carbonyl (C=O) groups is 4. The zero-order valence-electron chi connectivity index (χ0n) is 15.9. The molecule has 0 saturated carbocycles. The minimum Gasteiger partial charge on any atom is -0.465 e. The lowest BCUT2D eigenvalue weighted by molar-refractivity contribution is -0.174. The van der Waals surface area contributed by atoms with Gasteiger partial charge in [0.25, 0.3) is 5.54 Å². The van der Waals surface area contributed by atoms with E-state index in [9.17, 15) is 19.2 Å². The highest BCUT2D eigenvalue weighted by atomic mass is 16.6. The van der Waals surface area contributed by atoms with Gasteiger partial charge < -0.3 is 19.5 Å². The maximum absolute atomic E-state index is 12.9. The van der Waals surface area contributed by atoms with Crippen LogP contribution in [0.3, 0.4) is 0 Å². The van der Waals surface area contributed by atoms with E-state index in [1.54, 1.807) is 51.1 Å². The molecule has 0 heterocycles. The fourth-order valence-electron chi connectivity index (χ4n) is 2.69. The zero-order valence-corrected chi connectivity index (χ0v) is 15.9. The Bertz CT molecular complexity index is 654. The highest BCUT2D eigenvalue weighted by Gasteiger charge is 2.60. The number of ether oxygens (including phenoxy) is 3. The molecule has 148 valence electrons.